The number of methoxy groups -OCH3 is 2. The molecule has 0 aromatic heterocycles. The van der Waals surface area contributed by atoms with E-state index in [0.717, 1.165) is 32.5 Å². The Bertz CT molecular complexity index is 766. The first-order valence-electron chi connectivity index (χ1n) is 10.0. The van der Waals surface area contributed by atoms with Gasteiger partial charge in [0.2, 0.25) is 0 Å². The Hall–Kier alpha value is -2.53. The maximum atomic E-state index is 12.4. The molecule has 0 fully saturated rings. The van der Waals surface area contributed by atoms with Gasteiger partial charge in [-0.05, 0) is 48.7 Å². The number of fused-ring (bicyclic) bond motifs is 1. The number of carbonyl (C=O) groups excluding carboxylic acids is 1. The zero-order valence-corrected chi connectivity index (χ0v) is 16.9. The predicted octanol–water partition coefficient (Wildman–Crippen LogP) is 4.01. The maximum Gasteiger partial charge on any atom is 0.255 e. The average molecular weight is 383 g/mol. The zero-order chi connectivity index (χ0) is 19.8. The van der Waals surface area contributed by atoms with E-state index in [1.54, 1.807) is 32.4 Å². The van der Waals surface area contributed by atoms with Crippen molar-refractivity contribution in [1.82, 2.24) is 10.2 Å². The van der Waals surface area contributed by atoms with Crippen molar-refractivity contribution < 1.29 is 14.3 Å². The lowest BCUT2D eigenvalue weighted by Gasteiger charge is -2.14. The van der Waals surface area contributed by atoms with Crippen molar-refractivity contribution >= 4 is 5.91 Å². The Morgan fingerprint density at radius 2 is 1.68 bits per heavy atom. The van der Waals surface area contributed by atoms with Gasteiger partial charge in [0.25, 0.3) is 5.91 Å². The summed E-state index contributed by atoms with van der Waals surface area (Å²) in [5.41, 5.74) is 3.45. The molecule has 2 aromatic carbocycles. The van der Waals surface area contributed by atoms with Gasteiger partial charge < -0.3 is 14.8 Å². The highest BCUT2D eigenvalue weighted by atomic mass is 16.5. The van der Waals surface area contributed by atoms with Crippen LogP contribution in [0.5, 0.6) is 11.5 Å². The molecule has 0 saturated heterocycles. The largest absolute Gasteiger partial charge is 0.497 e. The van der Waals surface area contributed by atoms with Crippen LogP contribution in [0.25, 0.3) is 0 Å². The van der Waals surface area contributed by atoms with E-state index >= 15 is 0 Å². The fourth-order valence-electron chi connectivity index (χ4n) is 3.66. The minimum Gasteiger partial charge on any atom is -0.497 e. The second-order valence-electron chi connectivity index (χ2n) is 7.22. The van der Waals surface area contributed by atoms with Gasteiger partial charge in [0.15, 0.2) is 0 Å². The van der Waals surface area contributed by atoms with Crippen LogP contribution in [0.15, 0.2) is 42.5 Å². The minimum atomic E-state index is -0.120. The summed E-state index contributed by atoms with van der Waals surface area (Å²) in [6, 6.07) is 14.0. The summed E-state index contributed by atoms with van der Waals surface area (Å²) in [6.45, 7) is 3.97. The summed E-state index contributed by atoms with van der Waals surface area (Å²) in [5, 5.41) is 2.98. The van der Waals surface area contributed by atoms with E-state index < -0.39 is 0 Å². The highest BCUT2D eigenvalue weighted by Gasteiger charge is 2.17. The third kappa shape index (κ3) is 5.26. The normalized spacial score (nSPS) is 13.2. The van der Waals surface area contributed by atoms with Crippen molar-refractivity contribution in [3.63, 3.8) is 0 Å². The molecule has 0 spiro atoms. The minimum absolute atomic E-state index is 0.120. The molecule has 0 atom stereocenters. The number of hydrogen-bond donors (Lipinski definition) is 1. The monoisotopic (exact) mass is 382 g/mol. The van der Waals surface area contributed by atoms with Gasteiger partial charge in [-0.25, -0.2) is 0 Å². The van der Waals surface area contributed by atoms with Crippen LogP contribution in [-0.4, -0.2) is 38.1 Å². The second kappa shape index (κ2) is 10.1. The van der Waals surface area contributed by atoms with Crippen LogP contribution >= 0.6 is 0 Å². The first-order valence-corrected chi connectivity index (χ1v) is 10.0. The van der Waals surface area contributed by atoms with E-state index in [-0.39, 0.29) is 5.91 Å². The maximum absolute atomic E-state index is 12.4. The van der Waals surface area contributed by atoms with Crippen LogP contribution in [0.4, 0.5) is 0 Å². The molecule has 1 heterocycles. The number of ether oxygens (including phenoxy) is 2. The van der Waals surface area contributed by atoms with Gasteiger partial charge in [0.05, 0.1) is 19.8 Å². The Morgan fingerprint density at radius 3 is 2.36 bits per heavy atom. The summed E-state index contributed by atoms with van der Waals surface area (Å²) in [7, 11) is 3.15. The van der Waals surface area contributed by atoms with E-state index in [9.17, 15) is 4.79 Å². The van der Waals surface area contributed by atoms with E-state index in [2.05, 4.69) is 34.5 Å². The molecular formula is C23H30N2O3. The average Bonchev–Trinajstić information content (AvgIpc) is 3.15. The van der Waals surface area contributed by atoms with Crippen LogP contribution in [0.2, 0.25) is 0 Å². The van der Waals surface area contributed by atoms with Crippen molar-refractivity contribution in [3.05, 3.63) is 59.2 Å². The van der Waals surface area contributed by atoms with E-state index in [4.69, 9.17) is 9.47 Å². The van der Waals surface area contributed by atoms with Crippen LogP contribution in [0.1, 0.15) is 47.2 Å². The summed E-state index contributed by atoms with van der Waals surface area (Å²) >= 11 is 0. The molecule has 0 bridgehead atoms. The van der Waals surface area contributed by atoms with Crippen LogP contribution in [0.3, 0.4) is 0 Å². The van der Waals surface area contributed by atoms with Crippen LogP contribution < -0.4 is 14.8 Å². The summed E-state index contributed by atoms with van der Waals surface area (Å²) in [6.07, 6.45) is 4.49. The third-order valence-corrected chi connectivity index (χ3v) is 5.24. The van der Waals surface area contributed by atoms with Gasteiger partial charge in [-0.15, -0.1) is 0 Å². The summed E-state index contributed by atoms with van der Waals surface area (Å²) in [5.74, 6) is 1.09. The number of unbranched alkanes of at least 4 members (excludes halogenated alkanes) is 3. The van der Waals surface area contributed by atoms with Gasteiger partial charge in [0, 0.05) is 19.6 Å². The summed E-state index contributed by atoms with van der Waals surface area (Å²) < 4.78 is 10.5. The Labute approximate surface area is 167 Å². The number of rotatable bonds is 10. The number of hydrogen-bond acceptors (Lipinski definition) is 4. The van der Waals surface area contributed by atoms with Gasteiger partial charge in [-0.2, -0.15) is 0 Å². The molecule has 5 heteroatoms. The molecule has 0 unspecified atom stereocenters. The number of carbonyl (C=O) groups is 1. The number of benzene rings is 2. The molecule has 2 aromatic rings. The molecule has 28 heavy (non-hydrogen) atoms. The standard InChI is InChI=1S/C23H30N2O3/c1-27-20-11-12-22(28-2)21(15-20)23(26)24-13-7-3-4-8-14-25-16-18-9-5-6-10-19(18)17-25/h5-6,9-12,15H,3-4,7-8,13-14,16-17H2,1-2H3,(H,24,26). The number of amides is 1. The van der Waals surface area contributed by atoms with Crippen LogP contribution in [-0.2, 0) is 13.1 Å². The van der Waals surface area contributed by atoms with Gasteiger partial charge in [-0.1, -0.05) is 37.1 Å². The van der Waals surface area contributed by atoms with Crippen molar-refractivity contribution in [3.8, 4) is 11.5 Å². The van der Waals surface area contributed by atoms with Gasteiger partial charge in [0.1, 0.15) is 11.5 Å². The lowest BCUT2D eigenvalue weighted by molar-refractivity contribution is 0.0949. The molecule has 1 aliphatic rings. The molecule has 5 nitrogen and oxygen atoms in total. The smallest absolute Gasteiger partial charge is 0.255 e. The molecule has 1 N–H and O–H groups in total. The highest BCUT2D eigenvalue weighted by Crippen LogP contribution is 2.24. The summed E-state index contributed by atoms with van der Waals surface area (Å²) in [4.78, 5) is 14.9. The van der Waals surface area contributed by atoms with Crippen molar-refractivity contribution in [2.45, 2.75) is 38.8 Å². The fourth-order valence-corrected chi connectivity index (χ4v) is 3.66. The van der Waals surface area contributed by atoms with E-state index in [1.165, 1.54) is 24.0 Å². The first-order chi connectivity index (χ1) is 13.7. The van der Waals surface area contributed by atoms with Gasteiger partial charge in [-0.3, -0.25) is 9.69 Å². The Kier molecular flexibility index (Phi) is 7.31. The molecule has 0 saturated carbocycles. The Morgan fingerprint density at radius 1 is 0.964 bits per heavy atom. The second-order valence-corrected chi connectivity index (χ2v) is 7.22. The topological polar surface area (TPSA) is 50.8 Å². The van der Waals surface area contributed by atoms with Gasteiger partial charge >= 0.3 is 0 Å². The molecule has 0 aliphatic carbocycles. The predicted molar refractivity (Wildman–Crippen MR) is 111 cm³/mol. The van der Waals surface area contributed by atoms with Crippen molar-refractivity contribution in [2.75, 3.05) is 27.3 Å². The molecule has 0 radical (unpaired) electrons. The SMILES string of the molecule is COc1ccc(OC)c(C(=O)NCCCCCCN2Cc3ccccc3C2)c1. The molecular weight excluding hydrogens is 352 g/mol. The van der Waals surface area contributed by atoms with E-state index in [0.29, 0.717) is 23.6 Å². The molecule has 150 valence electrons. The van der Waals surface area contributed by atoms with Crippen molar-refractivity contribution in [1.29, 1.82) is 0 Å². The molecule has 1 amide bonds. The lowest BCUT2D eigenvalue weighted by Crippen LogP contribution is -2.25. The quantitative estimate of drug-likeness (QED) is 0.631. The number of nitrogens with one attached hydrogen (secondary N) is 1. The van der Waals surface area contributed by atoms with E-state index in [1.807, 2.05) is 0 Å². The zero-order valence-electron chi connectivity index (χ0n) is 16.9. The molecule has 3 rings (SSSR count). The molecule has 1 aliphatic heterocycles. The van der Waals surface area contributed by atoms with Crippen LogP contribution in [0, 0.1) is 0 Å². The fraction of sp³-hybridized carbons (Fsp3) is 0.435. The number of nitrogens with zero attached hydrogens (tertiary/aromatic N) is 1. The Balaban J connectivity index is 1.31. The first kappa shape index (κ1) is 20.2. The third-order valence-electron chi connectivity index (χ3n) is 5.24. The van der Waals surface area contributed by atoms with Crippen molar-refractivity contribution in [2.24, 2.45) is 0 Å². The lowest BCUT2D eigenvalue weighted by atomic mass is 10.1. The highest BCUT2D eigenvalue weighted by molar-refractivity contribution is 5.97.